The molecule has 0 bridgehead atoms. The van der Waals surface area contributed by atoms with E-state index >= 15 is 0 Å². The zero-order chi connectivity index (χ0) is 11.0. The standard InChI is InChI=1S/C11H11ClN4/c12-8-5-13-3-1-7(8)11-15-9-2-4-14-6-10(9)16-11/h1,3,5,14H,2,4,6H2,(H,15,16). The van der Waals surface area contributed by atoms with Crippen molar-refractivity contribution in [3.63, 3.8) is 0 Å². The molecule has 2 aromatic heterocycles. The van der Waals surface area contributed by atoms with Crippen molar-refractivity contribution in [2.45, 2.75) is 13.0 Å². The van der Waals surface area contributed by atoms with E-state index in [4.69, 9.17) is 11.6 Å². The molecule has 1 aliphatic heterocycles. The Morgan fingerprint density at radius 3 is 3.12 bits per heavy atom. The van der Waals surface area contributed by atoms with E-state index in [0.717, 1.165) is 42.3 Å². The molecule has 0 radical (unpaired) electrons. The van der Waals surface area contributed by atoms with Gasteiger partial charge in [0.05, 0.1) is 16.4 Å². The van der Waals surface area contributed by atoms with Gasteiger partial charge in [-0.25, -0.2) is 4.98 Å². The minimum absolute atomic E-state index is 0.626. The lowest BCUT2D eigenvalue weighted by atomic mass is 10.2. The monoisotopic (exact) mass is 234 g/mol. The van der Waals surface area contributed by atoms with Gasteiger partial charge in [-0.05, 0) is 6.07 Å². The number of hydrogen-bond donors (Lipinski definition) is 2. The van der Waals surface area contributed by atoms with Crippen LogP contribution in [0.5, 0.6) is 0 Å². The summed E-state index contributed by atoms with van der Waals surface area (Å²) in [5, 5.41) is 3.93. The molecule has 1 aliphatic rings. The van der Waals surface area contributed by atoms with Crippen molar-refractivity contribution in [1.82, 2.24) is 20.3 Å². The van der Waals surface area contributed by atoms with Gasteiger partial charge in [-0.1, -0.05) is 11.6 Å². The average molecular weight is 235 g/mol. The van der Waals surface area contributed by atoms with E-state index in [1.807, 2.05) is 6.07 Å². The third kappa shape index (κ3) is 1.60. The maximum absolute atomic E-state index is 6.08. The second kappa shape index (κ2) is 3.88. The molecular formula is C11H11ClN4. The molecule has 0 spiro atoms. The van der Waals surface area contributed by atoms with Gasteiger partial charge in [-0.2, -0.15) is 0 Å². The highest BCUT2D eigenvalue weighted by atomic mass is 35.5. The van der Waals surface area contributed by atoms with Crippen LogP contribution in [0.1, 0.15) is 11.4 Å². The van der Waals surface area contributed by atoms with Crippen LogP contribution in [0, 0.1) is 0 Å². The van der Waals surface area contributed by atoms with Gasteiger partial charge in [-0.3, -0.25) is 4.98 Å². The van der Waals surface area contributed by atoms with Gasteiger partial charge in [-0.15, -0.1) is 0 Å². The molecule has 16 heavy (non-hydrogen) atoms. The van der Waals surface area contributed by atoms with Gasteiger partial charge in [0.15, 0.2) is 0 Å². The summed E-state index contributed by atoms with van der Waals surface area (Å²) in [4.78, 5) is 11.8. The Hall–Kier alpha value is -1.39. The molecule has 2 N–H and O–H groups in total. The zero-order valence-corrected chi connectivity index (χ0v) is 9.38. The second-order valence-corrected chi connectivity index (χ2v) is 4.20. The lowest BCUT2D eigenvalue weighted by molar-refractivity contribution is 0.627. The van der Waals surface area contributed by atoms with E-state index in [-0.39, 0.29) is 0 Å². The van der Waals surface area contributed by atoms with Gasteiger partial charge in [0.25, 0.3) is 0 Å². The van der Waals surface area contributed by atoms with Crippen LogP contribution in [-0.2, 0) is 13.0 Å². The SMILES string of the molecule is Clc1cnccc1-c1nc2c([nH]1)CNCC2. The first kappa shape index (κ1) is 9.81. The number of nitrogens with one attached hydrogen (secondary N) is 2. The first-order valence-electron chi connectivity index (χ1n) is 5.23. The summed E-state index contributed by atoms with van der Waals surface area (Å²) in [5.74, 6) is 0.834. The number of imidazole rings is 1. The van der Waals surface area contributed by atoms with Crippen molar-refractivity contribution in [3.8, 4) is 11.4 Å². The predicted molar refractivity (Wildman–Crippen MR) is 62.2 cm³/mol. The van der Waals surface area contributed by atoms with Crippen molar-refractivity contribution in [2.24, 2.45) is 0 Å². The van der Waals surface area contributed by atoms with Gasteiger partial charge < -0.3 is 10.3 Å². The number of hydrogen-bond acceptors (Lipinski definition) is 3. The lowest BCUT2D eigenvalue weighted by Crippen LogP contribution is -2.23. The molecule has 0 unspecified atom stereocenters. The highest BCUT2D eigenvalue weighted by molar-refractivity contribution is 6.33. The Balaban J connectivity index is 2.07. The quantitative estimate of drug-likeness (QED) is 0.791. The topological polar surface area (TPSA) is 53.6 Å². The molecule has 4 nitrogen and oxygen atoms in total. The number of nitrogens with zero attached hydrogens (tertiary/aromatic N) is 2. The molecule has 0 fully saturated rings. The fourth-order valence-corrected chi connectivity index (χ4v) is 2.12. The minimum atomic E-state index is 0.626. The minimum Gasteiger partial charge on any atom is -0.341 e. The van der Waals surface area contributed by atoms with Gasteiger partial charge in [0.2, 0.25) is 0 Å². The van der Waals surface area contributed by atoms with E-state index in [9.17, 15) is 0 Å². The summed E-state index contributed by atoms with van der Waals surface area (Å²) in [7, 11) is 0. The number of H-pyrrole nitrogens is 1. The largest absolute Gasteiger partial charge is 0.341 e. The first-order valence-corrected chi connectivity index (χ1v) is 5.61. The highest BCUT2D eigenvalue weighted by Crippen LogP contribution is 2.26. The number of aromatic amines is 1. The molecule has 0 saturated heterocycles. The van der Waals surface area contributed by atoms with Crippen LogP contribution >= 0.6 is 11.6 Å². The van der Waals surface area contributed by atoms with Crippen LogP contribution in [0.4, 0.5) is 0 Å². The molecule has 0 saturated carbocycles. The van der Waals surface area contributed by atoms with Gasteiger partial charge >= 0.3 is 0 Å². The summed E-state index contributed by atoms with van der Waals surface area (Å²) in [6.07, 6.45) is 4.33. The van der Waals surface area contributed by atoms with Crippen LogP contribution in [0.3, 0.4) is 0 Å². The van der Waals surface area contributed by atoms with Crippen molar-refractivity contribution >= 4 is 11.6 Å². The molecular weight excluding hydrogens is 224 g/mol. The lowest BCUT2D eigenvalue weighted by Gasteiger charge is -2.09. The zero-order valence-electron chi connectivity index (χ0n) is 8.63. The Kier molecular flexibility index (Phi) is 2.38. The molecule has 0 atom stereocenters. The molecule has 2 aromatic rings. The van der Waals surface area contributed by atoms with Crippen LogP contribution < -0.4 is 5.32 Å². The number of pyridine rings is 1. The van der Waals surface area contributed by atoms with E-state index in [1.54, 1.807) is 12.4 Å². The molecule has 82 valence electrons. The summed E-state index contributed by atoms with van der Waals surface area (Å²) in [6, 6.07) is 1.88. The summed E-state index contributed by atoms with van der Waals surface area (Å²) < 4.78 is 0. The maximum Gasteiger partial charge on any atom is 0.139 e. The van der Waals surface area contributed by atoms with E-state index in [1.165, 1.54) is 0 Å². The molecule has 0 amide bonds. The van der Waals surface area contributed by atoms with Crippen LogP contribution in [0.15, 0.2) is 18.5 Å². The maximum atomic E-state index is 6.08. The fraction of sp³-hybridized carbons (Fsp3) is 0.273. The van der Waals surface area contributed by atoms with E-state index < -0.39 is 0 Å². The predicted octanol–water partition coefficient (Wildman–Crippen LogP) is 1.77. The van der Waals surface area contributed by atoms with Gasteiger partial charge in [0, 0.05) is 37.5 Å². The summed E-state index contributed by atoms with van der Waals surface area (Å²) in [5.41, 5.74) is 3.21. The van der Waals surface area contributed by atoms with Crippen molar-refractivity contribution in [3.05, 3.63) is 34.9 Å². The summed E-state index contributed by atoms with van der Waals surface area (Å²) in [6.45, 7) is 1.84. The molecule has 0 aliphatic carbocycles. The highest BCUT2D eigenvalue weighted by Gasteiger charge is 2.15. The summed E-state index contributed by atoms with van der Waals surface area (Å²) >= 11 is 6.08. The molecule has 0 aromatic carbocycles. The third-order valence-corrected chi connectivity index (χ3v) is 3.03. The number of fused-ring (bicyclic) bond motifs is 1. The molecule has 3 heterocycles. The van der Waals surface area contributed by atoms with E-state index in [0.29, 0.717) is 5.02 Å². The molecule has 5 heteroatoms. The van der Waals surface area contributed by atoms with Crippen molar-refractivity contribution < 1.29 is 0 Å². The average Bonchev–Trinajstić information content (AvgIpc) is 2.73. The Morgan fingerprint density at radius 2 is 2.31 bits per heavy atom. The normalized spacial score (nSPS) is 14.8. The number of rotatable bonds is 1. The van der Waals surface area contributed by atoms with Crippen LogP contribution in [0.25, 0.3) is 11.4 Å². The van der Waals surface area contributed by atoms with Crippen LogP contribution in [0.2, 0.25) is 5.02 Å². The van der Waals surface area contributed by atoms with E-state index in [2.05, 4.69) is 20.3 Å². The van der Waals surface area contributed by atoms with Crippen molar-refractivity contribution in [1.29, 1.82) is 0 Å². The Labute approximate surface area is 98.1 Å². The second-order valence-electron chi connectivity index (χ2n) is 3.79. The first-order chi connectivity index (χ1) is 7.84. The Morgan fingerprint density at radius 1 is 1.38 bits per heavy atom. The van der Waals surface area contributed by atoms with Gasteiger partial charge in [0.1, 0.15) is 5.82 Å². The number of aromatic nitrogens is 3. The molecule has 3 rings (SSSR count). The number of halogens is 1. The Bertz CT molecular complexity index is 497. The smallest absolute Gasteiger partial charge is 0.139 e. The van der Waals surface area contributed by atoms with Crippen molar-refractivity contribution in [2.75, 3.05) is 6.54 Å². The fourth-order valence-electron chi connectivity index (χ4n) is 1.91. The third-order valence-electron chi connectivity index (χ3n) is 2.73. The van der Waals surface area contributed by atoms with Crippen LogP contribution in [-0.4, -0.2) is 21.5 Å².